The molecule has 17 heavy (non-hydrogen) atoms. The van der Waals surface area contributed by atoms with Crippen molar-refractivity contribution in [2.75, 3.05) is 5.32 Å². The third kappa shape index (κ3) is 1.82. The predicted molar refractivity (Wildman–Crippen MR) is 60.3 cm³/mol. The molecule has 0 spiro atoms. The molecule has 2 N–H and O–H groups in total. The van der Waals surface area contributed by atoms with Gasteiger partial charge in [0.1, 0.15) is 11.0 Å². The lowest BCUT2D eigenvalue weighted by atomic mass is 10.3. The summed E-state index contributed by atoms with van der Waals surface area (Å²) < 4.78 is 4.89. The molecule has 0 aliphatic heterocycles. The van der Waals surface area contributed by atoms with Gasteiger partial charge < -0.3 is 9.84 Å². The number of H-pyrrole nitrogens is 1. The van der Waals surface area contributed by atoms with Crippen LogP contribution in [0.1, 0.15) is 11.7 Å². The van der Waals surface area contributed by atoms with Gasteiger partial charge in [-0.2, -0.15) is 10.1 Å². The van der Waals surface area contributed by atoms with Crippen LogP contribution >= 0.6 is 0 Å². The standard InChI is InChI=1S/C10H10N6O/c1-6-14-9(16-17-6)5-12-7-2-3-11-8-4-13-15-10(7)8/h2-4H,5H2,1H3,(H,11,12)(H,13,15). The number of aromatic nitrogens is 5. The van der Waals surface area contributed by atoms with E-state index in [0.717, 1.165) is 16.7 Å². The topological polar surface area (TPSA) is 92.5 Å². The highest BCUT2D eigenvalue weighted by atomic mass is 16.5. The minimum absolute atomic E-state index is 0.496. The van der Waals surface area contributed by atoms with Crippen molar-refractivity contribution in [3.63, 3.8) is 0 Å². The lowest BCUT2D eigenvalue weighted by molar-refractivity contribution is 0.388. The van der Waals surface area contributed by atoms with E-state index in [4.69, 9.17) is 4.52 Å². The number of anilines is 1. The lowest BCUT2D eigenvalue weighted by Crippen LogP contribution is -2.02. The number of nitrogens with zero attached hydrogens (tertiary/aromatic N) is 4. The molecule has 3 aromatic heterocycles. The molecule has 3 aromatic rings. The molecule has 86 valence electrons. The van der Waals surface area contributed by atoms with Gasteiger partial charge in [0, 0.05) is 13.1 Å². The van der Waals surface area contributed by atoms with Crippen molar-refractivity contribution in [3.05, 3.63) is 30.2 Å². The fourth-order valence-electron chi connectivity index (χ4n) is 1.59. The van der Waals surface area contributed by atoms with Crippen LogP contribution in [0.5, 0.6) is 0 Å². The Hall–Kier alpha value is -2.44. The van der Waals surface area contributed by atoms with Gasteiger partial charge in [-0.15, -0.1) is 0 Å². The van der Waals surface area contributed by atoms with Crippen LogP contribution in [-0.4, -0.2) is 25.3 Å². The van der Waals surface area contributed by atoms with E-state index < -0.39 is 0 Å². The molecule has 3 heterocycles. The first-order valence-corrected chi connectivity index (χ1v) is 5.14. The van der Waals surface area contributed by atoms with Crippen molar-refractivity contribution in [1.82, 2.24) is 25.3 Å². The first-order chi connectivity index (χ1) is 8.33. The van der Waals surface area contributed by atoms with Crippen molar-refractivity contribution in [3.8, 4) is 0 Å². The summed E-state index contributed by atoms with van der Waals surface area (Å²) in [5.41, 5.74) is 2.60. The Morgan fingerprint density at radius 1 is 1.47 bits per heavy atom. The Balaban J connectivity index is 1.83. The molecule has 0 aliphatic rings. The second-order valence-electron chi connectivity index (χ2n) is 3.57. The summed E-state index contributed by atoms with van der Waals surface area (Å²) in [5.74, 6) is 1.18. The maximum Gasteiger partial charge on any atom is 0.223 e. The summed E-state index contributed by atoms with van der Waals surface area (Å²) in [4.78, 5) is 8.29. The van der Waals surface area contributed by atoms with Crippen molar-refractivity contribution in [1.29, 1.82) is 0 Å². The lowest BCUT2D eigenvalue weighted by Gasteiger charge is -2.03. The molecule has 0 amide bonds. The zero-order chi connectivity index (χ0) is 11.7. The number of hydrogen-bond acceptors (Lipinski definition) is 6. The van der Waals surface area contributed by atoms with Crippen molar-refractivity contribution >= 4 is 16.7 Å². The van der Waals surface area contributed by atoms with E-state index in [-0.39, 0.29) is 0 Å². The van der Waals surface area contributed by atoms with Crippen LogP contribution in [0, 0.1) is 6.92 Å². The molecule has 0 aromatic carbocycles. The third-order valence-electron chi connectivity index (χ3n) is 2.35. The predicted octanol–water partition coefficient (Wildman–Crippen LogP) is 1.26. The normalized spacial score (nSPS) is 10.9. The van der Waals surface area contributed by atoms with Gasteiger partial charge in [0.25, 0.3) is 0 Å². The van der Waals surface area contributed by atoms with Gasteiger partial charge >= 0.3 is 0 Å². The number of aryl methyl sites for hydroxylation is 1. The first kappa shape index (κ1) is 9.76. The van der Waals surface area contributed by atoms with Gasteiger partial charge in [0.05, 0.1) is 18.4 Å². The minimum Gasteiger partial charge on any atom is -0.376 e. The van der Waals surface area contributed by atoms with Crippen molar-refractivity contribution in [2.24, 2.45) is 0 Å². The smallest absolute Gasteiger partial charge is 0.223 e. The highest BCUT2D eigenvalue weighted by Crippen LogP contribution is 2.18. The summed E-state index contributed by atoms with van der Waals surface area (Å²) in [6, 6.07) is 1.87. The molecule has 3 rings (SSSR count). The second kappa shape index (κ2) is 3.85. The molecule has 0 radical (unpaired) electrons. The fraction of sp³-hybridized carbons (Fsp3) is 0.200. The zero-order valence-electron chi connectivity index (χ0n) is 9.14. The summed E-state index contributed by atoms with van der Waals surface area (Å²) in [5, 5.41) is 13.8. The van der Waals surface area contributed by atoms with E-state index in [9.17, 15) is 0 Å². The first-order valence-electron chi connectivity index (χ1n) is 5.14. The number of pyridine rings is 1. The van der Waals surface area contributed by atoms with E-state index in [1.165, 1.54) is 0 Å². The Morgan fingerprint density at radius 2 is 2.41 bits per heavy atom. The molecule has 0 atom stereocenters. The monoisotopic (exact) mass is 230 g/mol. The minimum atomic E-state index is 0.496. The van der Waals surface area contributed by atoms with Crippen LogP contribution in [0.15, 0.2) is 23.0 Å². The van der Waals surface area contributed by atoms with E-state index in [1.807, 2.05) is 6.07 Å². The summed E-state index contributed by atoms with van der Waals surface area (Å²) in [6.07, 6.45) is 3.40. The Labute approximate surface area is 96.3 Å². The molecule has 0 bridgehead atoms. The van der Waals surface area contributed by atoms with E-state index in [1.54, 1.807) is 19.3 Å². The number of aromatic amines is 1. The SMILES string of the molecule is Cc1nc(CNc2ccnc3cn[nH]c23)no1. The molecular formula is C10H10N6O. The van der Waals surface area contributed by atoms with Crippen LogP contribution in [0.3, 0.4) is 0 Å². The van der Waals surface area contributed by atoms with Crippen molar-refractivity contribution < 1.29 is 4.52 Å². The Morgan fingerprint density at radius 3 is 3.24 bits per heavy atom. The van der Waals surface area contributed by atoms with Gasteiger partial charge in [-0.3, -0.25) is 10.1 Å². The second-order valence-corrected chi connectivity index (χ2v) is 3.57. The molecule has 0 aliphatic carbocycles. The molecule has 7 nitrogen and oxygen atoms in total. The van der Waals surface area contributed by atoms with E-state index in [0.29, 0.717) is 18.3 Å². The van der Waals surface area contributed by atoms with Crippen LogP contribution in [0.4, 0.5) is 5.69 Å². The molecule has 0 unspecified atom stereocenters. The molecule has 7 heteroatoms. The Bertz CT molecular complexity index is 643. The average molecular weight is 230 g/mol. The molecule has 0 saturated carbocycles. The van der Waals surface area contributed by atoms with Crippen LogP contribution in [-0.2, 0) is 6.54 Å². The Kier molecular flexibility index (Phi) is 2.21. The van der Waals surface area contributed by atoms with Gasteiger partial charge in [-0.05, 0) is 6.07 Å². The summed E-state index contributed by atoms with van der Waals surface area (Å²) in [7, 11) is 0. The quantitative estimate of drug-likeness (QED) is 0.703. The van der Waals surface area contributed by atoms with Crippen LogP contribution in [0.2, 0.25) is 0 Å². The van der Waals surface area contributed by atoms with Gasteiger partial charge in [0.15, 0.2) is 5.82 Å². The van der Waals surface area contributed by atoms with Crippen LogP contribution < -0.4 is 5.32 Å². The van der Waals surface area contributed by atoms with Gasteiger partial charge in [-0.25, -0.2) is 0 Å². The maximum atomic E-state index is 4.89. The fourth-order valence-corrected chi connectivity index (χ4v) is 1.59. The average Bonchev–Trinajstić information content (AvgIpc) is 2.94. The molecule has 0 fully saturated rings. The summed E-state index contributed by atoms with van der Waals surface area (Å²) in [6.45, 7) is 2.26. The van der Waals surface area contributed by atoms with Gasteiger partial charge in [0.2, 0.25) is 5.89 Å². The van der Waals surface area contributed by atoms with Crippen LogP contribution in [0.25, 0.3) is 11.0 Å². The number of rotatable bonds is 3. The number of fused-ring (bicyclic) bond motifs is 1. The number of hydrogen-bond donors (Lipinski definition) is 2. The maximum absolute atomic E-state index is 4.89. The van der Waals surface area contributed by atoms with E-state index in [2.05, 4.69) is 30.6 Å². The summed E-state index contributed by atoms with van der Waals surface area (Å²) >= 11 is 0. The molecule has 0 saturated heterocycles. The highest BCUT2D eigenvalue weighted by Gasteiger charge is 2.05. The van der Waals surface area contributed by atoms with Gasteiger partial charge in [-0.1, -0.05) is 5.16 Å². The van der Waals surface area contributed by atoms with E-state index >= 15 is 0 Å². The van der Waals surface area contributed by atoms with Crippen molar-refractivity contribution in [2.45, 2.75) is 13.5 Å². The highest BCUT2D eigenvalue weighted by molar-refractivity contribution is 5.86. The number of nitrogens with one attached hydrogen (secondary N) is 2. The molecular weight excluding hydrogens is 220 g/mol. The largest absolute Gasteiger partial charge is 0.376 e. The zero-order valence-corrected chi connectivity index (χ0v) is 9.14. The third-order valence-corrected chi connectivity index (χ3v) is 2.35.